The van der Waals surface area contributed by atoms with Crippen LogP contribution in [0.4, 0.5) is 0 Å². The Balaban J connectivity index is 1.60. The Labute approximate surface area is 167 Å². The summed E-state index contributed by atoms with van der Waals surface area (Å²) >= 11 is 9.73. The number of fused-ring (bicyclic) bond motifs is 4. The van der Waals surface area contributed by atoms with Gasteiger partial charge < -0.3 is 15.0 Å². The topological polar surface area (TPSA) is 54.3 Å². The normalized spacial score (nSPS) is 25.0. The summed E-state index contributed by atoms with van der Waals surface area (Å²) in [5.74, 6) is 0.876. The predicted octanol–water partition coefficient (Wildman–Crippen LogP) is 4.75. The monoisotopic (exact) mass is 438 g/mol. The molecule has 1 aromatic carbocycles. The number of amides is 1. The molecular formula is C20H24BrClN2O2. The molecule has 5 rings (SSSR count). The van der Waals surface area contributed by atoms with Gasteiger partial charge in [0, 0.05) is 34.2 Å². The van der Waals surface area contributed by atoms with Crippen molar-refractivity contribution in [3.05, 3.63) is 33.4 Å². The molecule has 140 valence electrons. The van der Waals surface area contributed by atoms with Gasteiger partial charge in [-0.3, -0.25) is 4.79 Å². The zero-order valence-corrected chi connectivity index (χ0v) is 17.1. The number of aliphatic hydroxyl groups is 1. The minimum Gasteiger partial charge on any atom is -0.395 e. The highest BCUT2D eigenvalue weighted by Gasteiger charge is 2.40. The van der Waals surface area contributed by atoms with Crippen molar-refractivity contribution in [2.24, 2.45) is 11.3 Å². The molecule has 0 radical (unpaired) electrons. The van der Waals surface area contributed by atoms with Crippen molar-refractivity contribution < 1.29 is 9.90 Å². The van der Waals surface area contributed by atoms with E-state index in [1.165, 1.54) is 38.5 Å². The highest BCUT2D eigenvalue weighted by Crippen LogP contribution is 2.49. The third-order valence-electron chi connectivity index (χ3n) is 6.36. The van der Waals surface area contributed by atoms with E-state index in [-0.39, 0.29) is 12.5 Å². The number of benzene rings is 1. The summed E-state index contributed by atoms with van der Waals surface area (Å²) < 4.78 is 2.70. The summed E-state index contributed by atoms with van der Waals surface area (Å²) in [6.45, 7) is 1.21. The van der Waals surface area contributed by atoms with Crippen molar-refractivity contribution >= 4 is 44.3 Å². The molecule has 6 heteroatoms. The van der Waals surface area contributed by atoms with Gasteiger partial charge in [0.15, 0.2) is 0 Å². The third kappa shape index (κ3) is 3.30. The summed E-state index contributed by atoms with van der Waals surface area (Å²) in [6, 6.07) is 3.65. The first-order valence-electron chi connectivity index (χ1n) is 9.38. The van der Waals surface area contributed by atoms with Crippen molar-refractivity contribution in [1.82, 2.24) is 9.88 Å². The van der Waals surface area contributed by atoms with Crippen LogP contribution in [0.3, 0.4) is 0 Å². The van der Waals surface area contributed by atoms with E-state index in [1.807, 2.05) is 22.9 Å². The number of rotatable bonds is 5. The number of aromatic nitrogens is 1. The molecule has 0 spiro atoms. The van der Waals surface area contributed by atoms with Crippen LogP contribution in [0.2, 0.25) is 5.02 Å². The molecule has 26 heavy (non-hydrogen) atoms. The lowest BCUT2D eigenvalue weighted by molar-refractivity contribution is 0.0598. The molecule has 3 fully saturated rings. The van der Waals surface area contributed by atoms with E-state index in [1.54, 1.807) is 0 Å². The van der Waals surface area contributed by atoms with Gasteiger partial charge in [-0.15, -0.1) is 0 Å². The molecule has 0 aliphatic heterocycles. The summed E-state index contributed by atoms with van der Waals surface area (Å²) in [7, 11) is 0. The molecular weight excluding hydrogens is 416 g/mol. The highest BCUT2D eigenvalue weighted by atomic mass is 79.9. The predicted molar refractivity (Wildman–Crippen MR) is 108 cm³/mol. The Morgan fingerprint density at radius 1 is 1.31 bits per heavy atom. The molecule has 0 atom stereocenters. The second kappa shape index (κ2) is 7.17. The van der Waals surface area contributed by atoms with Crippen LogP contribution >= 0.6 is 27.5 Å². The molecule has 4 nitrogen and oxygen atoms in total. The van der Waals surface area contributed by atoms with Crippen molar-refractivity contribution in [2.75, 3.05) is 13.2 Å². The van der Waals surface area contributed by atoms with E-state index in [9.17, 15) is 9.90 Å². The smallest absolute Gasteiger partial charge is 0.253 e. The van der Waals surface area contributed by atoms with Gasteiger partial charge in [0.05, 0.1) is 17.7 Å². The van der Waals surface area contributed by atoms with Crippen LogP contribution < -0.4 is 5.32 Å². The molecule has 3 aliphatic carbocycles. The van der Waals surface area contributed by atoms with E-state index in [0.29, 0.717) is 22.5 Å². The molecule has 1 heterocycles. The lowest BCUT2D eigenvalue weighted by atomic mass is 9.61. The Morgan fingerprint density at radius 2 is 2.00 bits per heavy atom. The first kappa shape index (κ1) is 18.3. The first-order valence-corrected chi connectivity index (χ1v) is 10.6. The van der Waals surface area contributed by atoms with Crippen LogP contribution in [-0.4, -0.2) is 28.7 Å². The molecule has 2 N–H and O–H groups in total. The molecule has 0 unspecified atom stereocenters. The molecule has 0 saturated heterocycles. The standard InChI is InChI=1S/C20H24BrClN2O2/c21-16-9-14(22)10-17-18(16)15(11-24(17)7-8-25)19(26)23-12-20-4-1-13(2-5-20)3-6-20/h9-11,13,25H,1-8,12H2,(H,23,26). The van der Waals surface area contributed by atoms with Gasteiger partial charge in [-0.2, -0.15) is 0 Å². The van der Waals surface area contributed by atoms with E-state index in [2.05, 4.69) is 21.2 Å². The molecule has 1 amide bonds. The average molecular weight is 440 g/mol. The van der Waals surface area contributed by atoms with Gasteiger partial charge in [0.1, 0.15) is 0 Å². The fraction of sp³-hybridized carbons (Fsp3) is 0.550. The zero-order chi connectivity index (χ0) is 18.3. The van der Waals surface area contributed by atoms with Crippen molar-refractivity contribution in [3.63, 3.8) is 0 Å². The fourth-order valence-corrected chi connectivity index (χ4v) is 5.78. The Bertz CT molecular complexity index is 826. The van der Waals surface area contributed by atoms with Gasteiger partial charge >= 0.3 is 0 Å². The maximum atomic E-state index is 13.0. The lowest BCUT2D eigenvalue weighted by Crippen LogP contribution is -2.43. The number of carbonyl (C=O) groups is 1. The quantitative estimate of drug-likeness (QED) is 0.706. The van der Waals surface area contributed by atoms with Crippen molar-refractivity contribution in [2.45, 2.75) is 45.1 Å². The lowest BCUT2D eigenvalue weighted by Gasteiger charge is -2.46. The van der Waals surface area contributed by atoms with Crippen molar-refractivity contribution in [1.29, 1.82) is 0 Å². The first-order chi connectivity index (χ1) is 12.5. The number of carbonyl (C=O) groups excluding carboxylic acids is 1. The van der Waals surface area contributed by atoms with Gasteiger partial charge in [-0.25, -0.2) is 0 Å². The number of aliphatic hydroxyl groups excluding tert-OH is 1. The molecule has 1 aromatic heterocycles. The van der Waals surface area contributed by atoms with E-state index in [0.717, 1.165) is 27.8 Å². The average Bonchev–Trinajstić information content (AvgIpc) is 3.00. The van der Waals surface area contributed by atoms with E-state index < -0.39 is 0 Å². The summed E-state index contributed by atoms with van der Waals surface area (Å²) in [6.07, 6.45) is 9.49. The van der Waals surface area contributed by atoms with Crippen LogP contribution in [0, 0.1) is 11.3 Å². The number of hydrogen-bond donors (Lipinski definition) is 2. The molecule has 3 aliphatic rings. The van der Waals surface area contributed by atoms with Gasteiger partial charge in [-0.1, -0.05) is 27.5 Å². The number of halogens is 2. The number of hydrogen-bond acceptors (Lipinski definition) is 2. The highest BCUT2D eigenvalue weighted by molar-refractivity contribution is 9.10. The van der Waals surface area contributed by atoms with Crippen LogP contribution in [-0.2, 0) is 6.54 Å². The number of nitrogens with one attached hydrogen (secondary N) is 1. The maximum absolute atomic E-state index is 13.0. The second-order valence-corrected chi connectivity index (χ2v) is 9.20. The Hall–Kier alpha value is -1.04. The Morgan fingerprint density at radius 3 is 2.65 bits per heavy atom. The molecule has 2 aromatic rings. The number of nitrogens with zero attached hydrogens (tertiary/aromatic N) is 1. The second-order valence-electron chi connectivity index (χ2n) is 7.91. The van der Waals surface area contributed by atoms with Crippen LogP contribution in [0.1, 0.15) is 48.9 Å². The summed E-state index contributed by atoms with van der Waals surface area (Å²) in [5, 5.41) is 14.0. The van der Waals surface area contributed by atoms with Gasteiger partial charge in [0.2, 0.25) is 0 Å². The SMILES string of the molecule is O=C(NCC12CCC(CC1)CC2)c1cn(CCO)c2cc(Cl)cc(Br)c12. The fourth-order valence-electron chi connectivity index (χ4n) is 4.78. The minimum atomic E-state index is -0.0446. The maximum Gasteiger partial charge on any atom is 0.253 e. The van der Waals surface area contributed by atoms with Gasteiger partial charge in [-0.05, 0) is 62.0 Å². The van der Waals surface area contributed by atoms with Crippen LogP contribution in [0.5, 0.6) is 0 Å². The minimum absolute atomic E-state index is 0.0131. The molecule has 3 saturated carbocycles. The summed E-state index contributed by atoms with van der Waals surface area (Å²) in [5.41, 5.74) is 1.80. The van der Waals surface area contributed by atoms with E-state index >= 15 is 0 Å². The Kier molecular flexibility index (Phi) is 5.06. The van der Waals surface area contributed by atoms with E-state index in [4.69, 9.17) is 11.6 Å². The van der Waals surface area contributed by atoms with Crippen LogP contribution in [0.15, 0.2) is 22.8 Å². The summed E-state index contributed by atoms with van der Waals surface area (Å²) in [4.78, 5) is 13.0. The molecule has 2 bridgehead atoms. The third-order valence-corrected chi connectivity index (χ3v) is 7.20. The van der Waals surface area contributed by atoms with Crippen molar-refractivity contribution in [3.8, 4) is 0 Å². The zero-order valence-electron chi connectivity index (χ0n) is 14.7. The van der Waals surface area contributed by atoms with Crippen LogP contribution in [0.25, 0.3) is 10.9 Å². The largest absolute Gasteiger partial charge is 0.395 e. The van der Waals surface area contributed by atoms with Gasteiger partial charge in [0.25, 0.3) is 5.91 Å².